The van der Waals surface area contributed by atoms with E-state index in [9.17, 15) is 13.9 Å². The Morgan fingerprint density at radius 1 is 1.07 bits per heavy atom. The minimum atomic E-state index is -1.16. The number of pyridine rings is 1. The molecular formula is C32H28F4N6O. The number of nitrogens with zero attached hydrogens (tertiary/aromatic N) is 5. The van der Waals surface area contributed by atoms with Crippen molar-refractivity contribution in [3.8, 4) is 28.8 Å². The van der Waals surface area contributed by atoms with Gasteiger partial charge in [0.2, 0.25) is 5.82 Å². The van der Waals surface area contributed by atoms with Gasteiger partial charge in [0.25, 0.3) is 0 Å². The first-order valence-electron chi connectivity index (χ1n) is 14.7. The highest BCUT2D eigenvalue weighted by atomic mass is 19.2. The van der Waals surface area contributed by atoms with Gasteiger partial charge in [-0.15, -0.1) is 0 Å². The third-order valence-electron chi connectivity index (χ3n) is 9.54. The Kier molecular flexibility index (Phi) is 6.04. The second-order valence-electron chi connectivity index (χ2n) is 12.1. The summed E-state index contributed by atoms with van der Waals surface area (Å²) >= 11 is 0. The summed E-state index contributed by atoms with van der Waals surface area (Å²) in [4.78, 5) is 17.9. The fourth-order valence-electron chi connectivity index (χ4n) is 7.51. The van der Waals surface area contributed by atoms with E-state index in [0.29, 0.717) is 30.7 Å². The number of fused-ring (bicyclic) bond motifs is 6. The summed E-state index contributed by atoms with van der Waals surface area (Å²) < 4.78 is 60.3. The molecule has 0 unspecified atom stereocenters. The molecule has 4 atom stereocenters. The number of aromatic hydroxyl groups is 1. The molecule has 220 valence electrons. The molecule has 7 nitrogen and oxygen atoms in total. The van der Waals surface area contributed by atoms with E-state index in [1.54, 1.807) is 0 Å². The van der Waals surface area contributed by atoms with Gasteiger partial charge in [-0.05, 0) is 61.7 Å². The van der Waals surface area contributed by atoms with Gasteiger partial charge in [0.05, 0.1) is 10.9 Å². The maximum Gasteiger partial charge on any atom is 0.207 e. The molecule has 0 aliphatic carbocycles. The number of anilines is 1. The first-order chi connectivity index (χ1) is 20.8. The van der Waals surface area contributed by atoms with Crippen molar-refractivity contribution in [2.45, 2.75) is 55.9 Å². The topological polar surface area (TPSA) is 77.4 Å². The Bertz CT molecular complexity index is 1870. The normalized spacial score (nSPS) is 26.7. The summed E-state index contributed by atoms with van der Waals surface area (Å²) in [7, 11) is 0. The number of phenols is 1. The maximum atomic E-state index is 16.6. The van der Waals surface area contributed by atoms with Gasteiger partial charge in [-0.1, -0.05) is 12.0 Å². The summed E-state index contributed by atoms with van der Waals surface area (Å²) in [6.45, 7) is 2.57. The predicted octanol–water partition coefficient (Wildman–Crippen LogP) is 4.84. The highest BCUT2D eigenvalue weighted by Crippen LogP contribution is 2.41. The molecule has 0 saturated carbocycles. The van der Waals surface area contributed by atoms with Gasteiger partial charge in [-0.25, -0.2) is 27.5 Å². The van der Waals surface area contributed by atoms with Gasteiger partial charge in [-0.2, -0.15) is 0 Å². The Balaban J connectivity index is 1.33. The quantitative estimate of drug-likeness (QED) is 0.257. The van der Waals surface area contributed by atoms with Crippen molar-refractivity contribution in [2.75, 3.05) is 31.1 Å². The monoisotopic (exact) mass is 588 g/mol. The number of alkyl halides is 1. The molecule has 2 aromatic heterocycles. The third-order valence-corrected chi connectivity index (χ3v) is 9.54. The van der Waals surface area contributed by atoms with Crippen LogP contribution in [0.15, 0.2) is 30.5 Å². The largest absolute Gasteiger partial charge is 0.508 e. The van der Waals surface area contributed by atoms with Crippen molar-refractivity contribution in [3.05, 3.63) is 53.7 Å². The van der Waals surface area contributed by atoms with Gasteiger partial charge in [-0.3, -0.25) is 9.88 Å². The SMILES string of the molecule is Oc1cc(-c2ncc3c(N4C[C@H]5CC[C@@H]4CN5)nc(C#C[C@@]45CCCN4C[C@H](F)C5)nc3c2F)c2c(F)c(F)ccc2c1. The zero-order valence-corrected chi connectivity index (χ0v) is 23.2. The van der Waals surface area contributed by atoms with Crippen LogP contribution in [-0.4, -0.2) is 74.9 Å². The summed E-state index contributed by atoms with van der Waals surface area (Å²) in [6, 6.07) is 5.14. The van der Waals surface area contributed by atoms with E-state index in [2.05, 4.69) is 36.9 Å². The lowest BCUT2D eigenvalue weighted by Crippen LogP contribution is -2.61. The van der Waals surface area contributed by atoms with E-state index in [1.165, 1.54) is 24.4 Å². The summed E-state index contributed by atoms with van der Waals surface area (Å²) in [6.07, 6.45) is 4.47. The molecule has 5 aliphatic heterocycles. The lowest BCUT2D eigenvalue weighted by Gasteiger charge is -2.46. The van der Waals surface area contributed by atoms with Gasteiger partial charge in [0, 0.05) is 55.3 Å². The van der Waals surface area contributed by atoms with Crippen LogP contribution in [0, 0.1) is 29.3 Å². The number of aromatic nitrogens is 3. The van der Waals surface area contributed by atoms with E-state index in [-0.39, 0.29) is 51.2 Å². The van der Waals surface area contributed by atoms with Gasteiger partial charge in [0.1, 0.15) is 28.9 Å². The minimum absolute atomic E-state index is 0.0578. The number of piperazine rings is 1. The molecule has 0 spiro atoms. The fraction of sp³-hybridized carbons (Fsp3) is 0.406. The molecule has 0 amide bonds. The Labute approximate surface area is 244 Å². The average molecular weight is 589 g/mol. The number of hydrogen-bond acceptors (Lipinski definition) is 7. The molecule has 0 radical (unpaired) electrons. The molecule has 2 aromatic carbocycles. The highest BCUT2D eigenvalue weighted by Gasteiger charge is 2.47. The van der Waals surface area contributed by atoms with Crippen LogP contribution in [0.4, 0.5) is 23.4 Å². The fourth-order valence-corrected chi connectivity index (χ4v) is 7.51. The number of rotatable bonds is 2. The van der Waals surface area contributed by atoms with E-state index < -0.39 is 29.2 Å². The summed E-state index contributed by atoms with van der Waals surface area (Å²) in [5.41, 5.74) is -1.02. The Morgan fingerprint density at radius 2 is 1.95 bits per heavy atom. The molecule has 5 aliphatic rings. The summed E-state index contributed by atoms with van der Waals surface area (Å²) in [5.74, 6) is 3.58. The van der Waals surface area contributed by atoms with Crippen LogP contribution in [0.25, 0.3) is 32.9 Å². The first kappa shape index (κ1) is 26.6. The molecule has 11 heteroatoms. The predicted molar refractivity (Wildman–Crippen MR) is 154 cm³/mol. The number of hydrogen-bond donors (Lipinski definition) is 2. The number of benzene rings is 2. The van der Waals surface area contributed by atoms with Gasteiger partial charge < -0.3 is 15.3 Å². The maximum absolute atomic E-state index is 16.6. The molecule has 2 bridgehead atoms. The Hall–Kier alpha value is -4.01. The van der Waals surface area contributed by atoms with Crippen molar-refractivity contribution >= 4 is 27.5 Å². The van der Waals surface area contributed by atoms with Crippen LogP contribution < -0.4 is 10.2 Å². The van der Waals surface area contributed by atoms with Crippen molar-refractivity contribution in [1.29, 1.82) is 0 Å². The van der Waals surface area contributed by atoms with E-state index >= 15 is 8.78 Å². The molecule has 43 heavy (non-hydrogen) atoms. The molecule has 5 fully saturated rings. The lowest BCUT2D eigenvalue weighted by atomic mass is 9.92. The van der Waals surface area contributed by atoms with Crippen LogP contribution in [0.2, 0.25) is 0 Å². The minimum Gasteiger partial charge on any atom is -0.508 e. The highest BCUT2D eigenvalue weighted by molar-refractivity contribution is 6.00. The second-order valence-corrected chi connectivity index (χ2v) is 12.1. The molecule has 4 aromatic rings. The van der Waals surface area contributed by atoms with Crippen molar-refractivity contribution < 1.29 is 22.7 Å². The van der Waals surface area contributed by atoms with E-state index in [4.69, 9.17) is 4.98 Å². The number of piperidine rings is 2. The smallest absolute Gasteiger partial charge is 0.207 e. The number of nitrogens with one attached hydrogen (secondary N) is 1. The first-order valence-corrected chi connectivity index (χ1v) is 14.7. The molecule has 9 rings (SSSR count). The third kappa shape index (κ3) is 4.22. The molecule has 5 saturated heterocycles. The van der Waals surface area contributed by atoms with Crippen LogP contribution >= 0.6 is 0 Å². The van der Waals surface area contributed by atoms with Crippen LogP contribution in [0.5, 0.6) is 5.75 Å². The van der Waals surface area contributed by atoms with Crippen molar-refractivity contribution in [2.24, 2.45) is 0 Å². The van der Waals surface area contributed by atoms with E-state index in [1.807, 2.05) is 0 Å². The molecule has 7 heterocycles. The average Bonchev–Trinajstić information content (AvgIpc) is 3.54. The van der Waals surface area contributed by atoms with Crippen molar-refractivity contribution in [3.63, 3.8) is 0 Å². The number of halogens is 4. The zero-order valence-electron chi connectivity index (χ0n) is 23.2. The van der Waals surface area contributed by atoms with Crippen LogP contribution in [-0.2, 0) is 0 Å². The van der Waals surface area contributed by atoms with Crippen LogP contribution in [0.3, 0.4) is 0 Å². The zero-order chi connectivity index (χ0) is 29.5. The van der Waals surface area contributed by atoms with Gasteiger partial charge >= 0.3 is 0 Å². The molecular weight excluding hydrogens is 560 g/mol. The number of phenolic OH excluding ortho intramolecular Hbond substituents is 1. The van der Waals surface area contributed by atoms with Gasteiger partial charge in [0.15, 0.2) is 17.5 Å². The summed E-state index contributed by atoms with van der Waals surface area (Å²) in [5, 5.41) is 14.3. The van der Waals surface area contributed by atoms with E-state index in [0.717, 1.165) is 44.8 Å². The second kappa shape index (κ2) is 9.76. The standard InChI is InChI=1S/C32H28F4N6O/c33-18-12-32(7-1-9-41(32)15-18)8-6-25-39-30-23(31(40-25)42-16-19-3-4-20(42)13-37-19)14-38-29(28(30)36)22-11-21(43)10-17-2-5-24(34)27(35)26(17)22/h2,5,10-11,14,18-20,37,43H,1,3-4,7,9,12-13,15-16H2/t18-,19-,20-,32-/m1/s1. The lowest BCUT2D eigenvalue weighted by molar-refractivity contribution is 0.255. The van der Waals surface area contributed by atoms with Crippen LogP contribution in [0.1, 0.15) is 37.9 Å². The van der Waals surface area contributed by atoms with Crippen molar-refractivity contribution in [1.82, 2.24) is 25.2 Å². The molecule has 2 N–H and O–H groups in total. The Morgan fingerprint density at radius 3 is 2.74 bits per heavy atom.